The van der Waals surface area contributed by atoms with Crippen LogP contribution in [0.5, 0.6) is 0 Å². The normalized spacial score (nSPS) is 11.6. The molecule has 1 amide bonds. The molecule has 6 nitrogen and oxygen atoms in total. The summed E-state index contributed by atoms with van der Waals surface area (Å²) >= 11 is 0. The summed E-state index contributed by atoms with van der Waals surface area (Å²) < 4.78 is 6.94. The number of para-hydroxylation sites is 1. The van der Waals surface area contributed by atoms with Crippen molar-refractivity contribution in [3.05, 3.63) is 48.3 Å². The number of nitrogens with zero attached hydrogens (tertiary/aromatic N) is 3. The lowest BCUT2D eigenvalue weighted by Gasteiger charge is -2.19. The number of hydrogen-bond donors (Lipinski definition) is 1. The number of carbonyl (C=O) groups excluding carboxylic acids is 1. The second kappa shape index (κ2) is 9.29. The highest BCUT2D eigenvalue weighted by atomic mass is 35.5. The fourth-order valence-electron chi connectivity index (χ4n) is 2.14. The summed E-state index contributed by atoms with van der Waals surface area (Å²) in [6.07, 6.45) is 3.75. The average Bonchev–Trinajstić information content (AvgIpc) is 3.01. The van der Waals surface area contributed by atoms with Crippen molar-refractivity contribution < 1.29 is 9.53 Å². The summed E-state index contributed by atoms with van der Waals surface area (Å²) in [5.74, 6) is 0.00441. The second-order valence-electron chi connectivity index (χ2n) is 5.18. The third-order valence-electron chi connectivity index (χ3n) is 3.50. The van der Waals surface area contributed by atoms with E-state index in [0.29, 0.717) is 13.1 Å². The van der Waals surface area contributed by atoms with Crippen LogP contribution in [0.2, 0.25) is 0 Å². The Hall–Kier alpha value is -1.89. The van der Waals surface area contributed by atoms with Crippen molar-refractivity contribution in [2.24, 2.45) is 5.73 Å². The molecule has 2 aromatic rings. The van der Waals surface area contributed by atoms with Crippen LogP contribution in [0.25, 0.3) is 5.69 Å². The minimum absolute atomic E-state index is 0. The Labute approximate surface area is 142 Å². The maximum atomic E-state index is 12.1. The number of aromatic nitrogens is 2. The van der Waals surface area contributed by atoms with Gasteiger partial charge in [-0.2, -0.15) is 5.10 Å². The lowest BCUT2D eigenvalue weighted by molar-refractivity contribution is -0.132. The second-order valence-corrected chi connectivity index (χ2v) is 5.18. The zero-order chi connectivity index (χ0) is 15.9. The first-order chi connectivity index (χ1) is 10.6. The number of benzene rings is 1. The van der Waals surface area contributed by atoms with Gasteiger partial charge < -0.3 is 15.4 Å². The summed E-state index contributed by atoms with van der Waals surface area (Å²) in [6, 6.07) is 9.85. The summed E-state index contributed by atoms with van der Waals surface area (Å²) in [6.45, 7) is 0.842. The number of carbonyl (C=O) groups is 1. The standard InChI is InChI=1S/C16H22N4O2.ClH/c1-19(16(21)8-15(9-17)22-2)11-13-10-18-20(12-13)14-6-4-3-5-7-14;/h3-7,10,12,15H,8-9,11,17H2,1-2H3;1H. The first kappa shape index (κ1) is 19.2. The molecule has 1 atom stereocenters. The molecule has 0 saturated carbocycles. The van der Waals surface area contributed by atoms with Gasteiger partial charge >= 0.3 is 0 Å². The predicted octanol–water partition coefficient (Wildman–Crippen LogP) is 1.62. The molecule has 1 heterocycles. The molecule has 23 heavy (non-hydrogen) atoms. The fourth-order valence-corrected chi connectivity index (χ4v) is 2.14. The third-order valence-corrected chi connectivity index (χ3v) is 3.50. The van der Waals surface area contributed by atoms with E-state index in [9.17, 15) is 4.79 Å². The molecule has 2 rings (SSSR count). The van der Waals surface area contributed by atoms with Crippen LogP contribution in [0.1, 0.15) is 12.0 Å². The Morgan fingerprint density at radius 1 is 1.39 bits per heavy atom. The zero-order valence-electron chi connectivity index (χ0n) is 13.4. The largest absolute Gasteiger partial charge is 0.380 e. The van der Waals surface area contributed by atoms with E-state index in [-0.39, 0.29) is 30.8 Å². The minimum atomic E-state index is -0.234. The maximum absolute atomic E-state index is 12.1. The van der Waals surface area contributed by atoms with Gasteiger partial charge in [-0.05, 0) is 12.1 Å². The lowest BCUT2D eigenvalue weighted by Crippen LogP contribution is -2.33. The van der Waals surface area contributed by atoms with Crippen LogP contribution in [0.3, 0.4) is 0 Å². The van der Waals surface area contributed by atoms with Crippen molar-refractivity contribution in [3.8, 4) is 5.69 Å². The first-order valence-corrected chi connectivity index (χ1v) is 7.20. The Morgan fingerprint density at radius 3 is 2.70 bits per heavy atom. The molecule has 1 aromatic carbocycles. The van der Waals surface area contributed by atoms with Crippen LogP contribution in [-0.4, -0.2) is 47.4 Å². The number of rotatable bonds is 7. The number of methoxy groups -OCH3 is 1. The Kier molecular flexibility index (Phi) is 7.74. The summed E-state index contributed by atoms with van der Waals surface area (Å²) in [5, 5.41) is 4.33. The molecule has 0 saturated heterocycles. The number of amides is 1. The van der Waals surface area contributed by atoms with E-state index in [1.165, 1.54) is 0 Å². The highest BCUT2D eigenvalue weighted by Gasteiger charge is 2.16. The maximum Gasteiger partial charge on any atom is 0.225 e. The predicted molar refractivity (Wildman–Crippen MR) is 91.8 cm³/mol. The molecular weight excluding hydrogens is 316 g/mol. The van der Waals surface area contributed by atoms with Gasteiger partial charge in [-0.15, -0.1) is 12.4 Å². The van der Waals surface area contributed by atoms with E-state index in [2.05, 4.69) is 5.10 Å². The molecule has 1 unspecified atom stereocenters. The quantitative estimate of drug-likeness (QED) is 0.832. The van der Waals surface area contributed by atoms with Gasteiger partial charge in [0.1, 0.15) is 0 Å². The van der Waals surface area contributed by atoms with Crippen molar-refractivity contribution in [1.29, 1.82) is 0 Å². The van der Waals surface area contributed by atoms with E-state index < -0.39 is 0 Å². The van der Waals surface area contributed by atoms with Crippen LogP contribution < -0.4 is 5.73 Å². The van der Waals surface area contributed by atoms with Crippen molar-refractivity contribution in [1.82, 2.24) is 14.7 Å². The van der Waals surface area contributed by atoms with Gasteiger partial charge in [0.25, 0.3) is 0 Å². The minimum Gasteiger partial charge on any atom is -0.380 e. The molecule has 0 bridgehead atoms. The SMILES string of the molecule is COC(CN)CC(=O)N(C)Cc1cnn(-c2ccccc2)c1.Cl. The number of hydrogen-bond acceptors (Lipinski definition) is 4. The van der Waals surface area contributed by atoms with Gasteiger partial charge in [-0.1, -0.05) is 18.2 Å². The van der Waals surface area contributed by atoms with Crippen LogP contribution in [-0.2, 0) is 16.1 Å². The zero-order valence-corrected chi connectivity index (χ0v) is 14.2. The van der Waals surface area contributed by atoms with E-state index in [0.717, 1.165) is 11.3 Å². The van der Waals surface area contributed by atoms with E-state index in [1.807, 2.05) is 36.5 Å². The molecule has 0 aliphatic heterocycles. The van der Waals surface area contributed by atoms with Gasteiger partial charge in [0.2, 0.25) is 5.91 Å². The Bertz CT molecular complexity index is 599. The van der Waals surface area contributed by atoms with Crippen molar-refractivity contribution in [3.63, 3.8) is 0 Å². The number of ether oxygens (including phenoxy) is 1. The molecule has 2 N–H and O–H groups in total. The third kappa shape index (κ3) is 5.35. The van der Waals surface area contributed by atoms with E-state index in [1.54, 1.807) is 29.9 Å². The van der Waals surface area contributed by atoms with E-state index in [4.69, 9.17) is 10.5 Å². The molecule has 126 valence electrons. The highest BCUT2D eigenvalue weighted by Crippen LogP contribution is 2.10. The molecule has 0 aliphatic carbocycles. The monoisotopic (exact) mass is 338 g/mol. The van der Waals surface area contributed by atoms with Gasteiger partial charge in [0, 0.05) is 39.0 Å². The molecule has 1 aromatic heterocycles. The topological polar surface area (TPSA) is 73.4 Å². The molecule has 0 aliphatic rings. The summed E-state index contributed by atoms with van der Waals surface area (Å²) in [5.41, 5.74) is 7.51. The highest BCUT2D eigenvalue weighted by molar-refractivity contribution is 5.85. The summed E-state index contributed by atoms with van der Waals surface area (Å²) in [4.78, 5) is 13.8. The first-order valence-electron chi connectivity index (χ1n) is 7.20. The van der Waals surface area contributed by atoms with Crippen LogP contribution in [0.4, 0.5) is 0 Å². The smallest absolute Gasteiger partial charge is 0.225 e. The lowest BCUT2D eigenvalue weighted by atomic mass is 10.2. The Morgan fingerprint density at radius 2 is 2.09 bits per heavy atom. The molecule has 0 radical (unpaired) electrons. The van der Waals surface area contributed by atoms with Crippen molar-refractivity contribution >= 4 is 18.3 Å². The number of halogens is 1. The van der Waals surface area contributed by atoms with Crippen LogP contribution in [0, 0.1) is 0 Å². The van der Waals surface area contributed by atoms with Gasteiger partial charge in [0.05, 0.1) is 24.4 Å². The molecule has 0 spiro atoms. The van der Waals surface area contributed by atoms with Crippen LogP contribution >= 0.6 is 12.4 Å². The van der Waals surface area contributed by atoms with E-state index >= 15 is 0 Å². The van der Waals surface area contributed by atoms with Crippen molar-refractivity contribution in [2.75, 3.05) is 20.7 Å². The summed E-state index contributed by atoms with van der Waals surface area (Å²) in [7, 11) is 3.33. The molecule has 0 fully saturated rings. The average molecular weight is 339 g/mol. The van der Waals surface area contributed by atoms with Crippen molar-refractivity contribution in [2.45, 2.75) is 19.1 Å². The Balaban J connectivity index is 0.00000264. The van der Waals surface area contributed by atoms with Gasteiger partial charge in [-0.25, -0.2) is 4.68 Å². The van der Waals surface area contributed by atoms with Gasteiger partial charge in [-0.3, -0.25) is 4.79 Å². The number of nitrogens with two attached hydrogens (primary N) is 1. The van der Waals surface area contributed by atoms with Crippen LogP contribution in [0.15, 0.2) is 42.7 Å². The molecule has 7 heteroatoms. The van der Waals surface area contributed by atoms with Gasteiger partial charge in [0.15, 0.2) is 0 Å². The molecular formula is C16H23ClN4O2. The fraction of sp³-hybridized carbons (Fsp3) is 0.375.